The van der Waals surface area contributed by atoms with Gasteiger partial charge >= 0.3 is 0 Å². The number of hydrogen-bond acceptors (Lipinski definition) is 3. The van der Waals surface area contributed by atoms with Gasteiger partial charge in [-0.05, 0) is 40.2 Å². The van der Waals surface area contributed by atoms with Crippen molar-refractivity contribution in [1.29, 1.82) is 0 Å². The van der Waals surface area contributed by atoms with E-state index in [0.29, 0.717) is 0 Å². The van der Waals surface area contributed by atoms with E-state index in [1.54, 1.807) is 0 Å². The molecule has 0 spiro atoms. The number of halogens is 3. The number of rotatable bonds is 3. The van der Waals surface area contributed by atoms with Crippen molar-refractivity contribution in [2.45, 2.75) is 4.90 Å². The van der Waals surface area contributed by atoms with E-state index in [4.69, 9.17) is 11.6 Å². The van der Waals surface area contributed by atoms with Gasteiger partial charge in [-0.1, -0.05) is 11.6 Å². The van der Waals surface area contributed by atoms with Crippen LogP contribution in [0.15, 0.2) is 46.0 Å². The zero-order chi connectivity index (χ0) is 14.0. The van der Waals surface area contributed by atoms with E-state index in [-0.39, 0.29) is 20.1 Å². The van der Waals surface area contributed by atoms with Crippen molar-refractivity contribution in [3.8, 4) is 0 Å². The van der Waals surface area contributed by atoms with Gasteiger partial charge in [0.25, 0.3) is 10.0 Å². The minimum absolute atomic E-state index is 0.0118. The van der Waals surface area contributed by atoms with Crippen molar-refractivity contribution in [2.24, 2.45) is 0 Å². The van der Waals surface area contributed by atoms with Gasteiger partial charge in [-0.25, -0.2) is 12.8 Å². The fraction of sp³-hybridized carbons (Fsp3) is 0. The summed E-state index contributed by atoms with van der Waals surface area (Å²) in [6.45, 7) is 0. The Morgan fingerprint density at radius 2 is 2.11 bits per heavy atom. The molecule has 1 aromatic heterocycles. The molecule has 0 aliphatic carbocycles. The summed E-state index contributed by atoms with van der Waals surface area (Å²) in [6.07, 6.45) is 2.66. The summed E-state index contributed by atoms with van der Waals surface area (Å²) in [4.78, 5) is 3.72. The van der Waals surface area contributed by atoms with Gasteiger partial charge in [0.1, 0.15) is 10.7 Å². The first-order chi connectivity index (χ1) is 8.90. The highest BCUT2D eigenvalue weighted by atomic mass is 79.9. The maximum atomic E-state index is 13.1. The van der Waals surface area contributed by atoms with E-state index in [1.807, 2.05) is 0 Å². The second-order valence-corrected chi connectivity index (χ2v) is 6.48. The van der Waals surface area contributed by atoms with Gasteiger partial charge in [0.2, 0.25) is 0 Å². The fourth-order valence-corrected chi connectivity index (χ4v) is 3.49. The SMILES string of the molecule is O=S(=O)(Nc1c(Cl)cc(F)cc1Br)c1cccnc1. The molecular weight excluding hydrogens is 359 g/mol. The van der Waals surface area contributed by atoms with Crippen LogP contribution < -0.4 is 4.72 Å². The molecule has 2 aromatic rings. The number of hydrogen-bond donors (Lipinski definition) is 1. The van der Waals surface area contributed by atoms with Gasteiger partial charge in [0.05, 0.1) is 10.7 Å². The van der Waals surface area contributed by atoms with Crippen molar-refractivity contribution in [3.05, 3.63) is 52.0 Å². The molecule has 1 heterocycles. The third-order valence-corrected chi connectivity index (χ3v) is 4.45. The van der Waals surface area contributed by atoms with Crippen molar-refractivity contribution in [1.82, 2.24) is 4.98 Å². The molecule has 0 amide bonds. The number of anilines is 1. The Kier molecular flexibility index (Phi) is 4.07. The molecule has 4 nitrogen and oxygen atoms in total. The maximum absolute atomic E-state index is 13.1. The lowest BCUT2D eigenvalue weighted by molar-refractivity contribution is 0.600. The van der Waals surface area contributed by atoms with Crippen LogP contribution in [0.4, 0.5) is 10.1 Å². The molecule has 0 fully saturated rings. The Morgan fingerprint density at radius 3 is 2.68 bits per heavy atom. The second-order valence-electron chi connectivity index (χ2n) is 3.54. The largest absolute Gasteiger partial charge is 0.277 e. The van der Waals surface area contributed by atoms with Gasteiger partial charge in [0, 0.05) is 16.9 Å². The molecule has 0 radical (unpaired) electrons. The molecule has 2 rings (SSSR count). The molecule has 0 unspecified atom stereocenters. The Balaban J connectivity index is 2.42. The van der Waals surface area contributed by atoms with E-state index < -0.39 is 15.8 Å². The Hall–Kier alpha value is -1.18. The molecular formula is C11H7BrClFN2O2S. The summed E-state index contributed by atoms with van der Waals surface area (Å²) in [5.74, 6) is -0.568. The average molecular weight is 366 g/mol. The lowest BCUT2D eigenvalue weighted by Gasteiger charge is -2.11. The molecule has 0 aliphatic heterocycles. The van der Waals surface area contributed by atoms with Crippen LogP contribution in [0.1, 0.15) is 0 Å². The zero-order valence-electron chi connectivity index (χ0n) is 9.27. The number of aromatic nitrogens is 1. The first-order valence-electron chi connectivity index (χ1n) is 4.97. The number of benzene rings is 1. The number of nitrogens with zero attached hydrogens (tertiary/aromatic N) is 1. The molecule has 0 saturated heterocycles. The van der Waals surface area contributed by atoms with Gasteiger partial charge in [-0.2, -0.15) is 0 Å². The minimum atomic E-state index is -3.82. The van der Waals surface area contributed by atoms with Crippen molar-refractivity contribution < 1.29 is 12.8 Å². The quantitative estimate of drug-likeness (QED) is 0.906. The molecule has 19 heavy (non-hydrogen) atoms. The Bertz CT molecular complexity index is 687. The second kappa shape index (κ2) is 5.44. The lowest BCUT2D eigenvalue weighted by atomic mass is 10.3. The highest BCUT2D eigenvalue weighted by Gasteiger charge is 2.18. The Morgan fingerprint density at radius 1 is 1.37 bits per heavy atom. The van der Waals surface area contributed by atoms with Gasteiger partial charge in [0.15, 0.2) is 0 Å². The molecule has 0 saturated carbocycles. The number of nitrogens with one attached hydrogen (secondary N) is 1. The van der Waals surface area contributed by atoms with Crippen LogP contribution in [-0.2, 0) is 10.0 Å². The van der Waals surface area contributed by atoms with Gasteiger partial charge in [-0.15, -0.1) is 0 Å². The average Bonchev–Trinajstić information content (AvgIpc) is 2.35. The molecule has 0 atom stereocenters. The first-order valence-corrected chi connectivity index (χ1v) is 7.63. The van der Waals surface area contributed by atoms with Crippen LogP contribution in [0.25, 0.3) is 0 Å². The van der Waals surface area contributed by atoms with Crippen molar-refractivity contribution >= 4 is 43.2 Å². The van der Waals surface area contributed by atoms with Crippen LogP contribution in [0.3, 0.4) is 0 Å². The molecule has 0 aliphatic rings. The van der Waals surface area contributed by atoms with Crippen LogP contribution in [0.2, 0.25) is 5.02 Å². The zero-order valence-corrected chi connectivity index (χ0v) is 12.4. The predicted molar refractivity (Wildman–Crippen MR) is 74.2 cm³/mol. The maximum Gasteiger partial charge on any atom is 0.263 e. The number of pyridine rings is 1. The number of sulfonamides is 1. The molecule has 100 valence electrons. The first kappa shape index (κ1) is 14.2. The highest BCUT2D eigenvalue weighted by molar-refractivity contribution is 9.10. The minimum Gasteiger partial charge on any atom is -0.277 e. The molecule has 8 heteroatoms. The fourth-order valence-electron chi connectivity index (χ4n) is 1.34. The van der Waals surface area contributed by atoms with Crippen LogP contribution in [-0.4, -0.2) is 13.4 Å². The van der Waals surface area contributed by atoms with Crippen molar-refractivity contribution in [2.75, 3.05) is 4.72 Å². The van der Waals surface area contributed by atoms with E-state index in [1.165, 1.54) is 24.5 Å². The predicted octanol–water partition coefficient (Wildman–Crippen LogP) is 3.44. The molecule has 1 N–H and O–H groups in total. The van der Waals surface area contributed by atoms with E-state index in [0.717, 1.165) is 12.1 Å². The smallest absolute Gasteiger partial charge is 0.263 e. The Labute approximate surface area is 122 Å². The summed E-state index contributed by atoms with van der Waals surface area (Å²) < 4.78 is 39.7. The molecule has 1 aromatic carbocycles. The monoisotopic (exact) mass is 364 g/mol. The lowest BCUT2D eigenvalue weighted by Crippen LogP contribution is -2.14. The van der Waals surface area contributed by atoms with Crippen LogP contribution in [0.5, 0.6) is 0 Å². The third kappa shape index (κ3) is 3.23. The summed E-state index contributed by atoms with van der Waals surface area (Å²) >= 11 is 8.87. The summed E-state index contributed by atoms with van der Waals surface area (Å²) in [5.41, 5.74) is 0.0759. The van der Waals surface area contributed by atoms with Crippen molar-refractivity contribution in [3.63, 3.8) is 0 Å². The normalized spacial score (nSPS) is 11.3. The standard InChI is InChI=1S/C11H7BrClFN2O2S/c12-9-4-7(14)5-10(13)11(9)16-19(17,18)8-2-1-3-15-6-8/h1-6,16H. The summed E-state index contributed by atoms with van der Waals surface area (Å²) in [6, 6.07) is 5.02. The van der Waals surface area contributed by atoms with Crippen LogP contribution >= 0.6 is 27.5 Å². The van der Waals surface area contributed by atoms with E-state index >= 15 is 0 Å². The molecule has 0 bridgehead atoms. The van der Waals surface area contributed by atoms with Crippen LogP contribution in [0, 0.1) is 5.82 Å². The third-order valence-electron chi connectivity index (χ3n) is 2.19. The van der Waals surface area contributed by atoms with Gasteiger partial charge < -0.3 is 0 Å². The highest BCUT2D eigenvalue weighted by Crippen LogP contribution is 2.33. The summed E-state index contributed by atoms with van der Waals surface area (Å²) in [5, 5.41) is -0.0423. The van der Waals surface area contributed by atoms with Gasteiger partial charge in [-0.3, -0.25) is 9.71 Å². The summed E-state index contributed by atoms with van der Waals surface area (Å²) in [7, 11) is -3.82. The topological polar surface area (TPSA) is 59.1 Å². The van der Waals surface area contributed by atoms with E-state index in [9.17, 15) is 12.8 Å². The van der Waals surface area contributed by atoms with E-state index in [2.05, 4.69) is 25.6 Å².